The van der Waals surface area contributed by atoms with E-state index in [4.69, 9.17) is 0 Å². The van der Waals surface area contributed by atoms with Crippen LogP contribution in [0.25, 0.3) is 6.08 Å². The lowest BCUT2D eigenvalue weighted by molar-refractivity contribution is 0.212. The quantitative estimate of drug-likeness (QED) is 0.880. The molecule has 1 rings (SSSR count). The Labute approximate surface area is 117 Å². The summed E-state index contributed by atoms with van der Waals surface area (Å²) >= 11 is 3.38. The number of carbonyl (C=O) groups is 1. The van der Waals surface area contributed by atoms with Crippen LogP contribution in [0.2, 0.25) is 0 Å². The van der Waals surface area contributed by atoms with Gasteiger partial charge in [0.1, 0.15) is 0 Å². The average Bonchev–Trinajstić information content (AvgIpc) is 2.38. The summed E-state index contributed by atoms with van der Waals surface area (Å²) in [5.41, 5.74) is 1.05. The SMILES string of the molecule is CCCCN(C)C(=O)N/C=C/c1ccc(Br)cc1. The topological polar surface area (TPSA) is 32.3 Å². The molecule has 0 aliphatic carbocycles. The van der Waals surface area contributed by atoms with Crippen molar-refractivity contribution in [2.45, 2.75) is 19.8 Å². The second-order valence-electron chi connectivity index (χ2n) is 4.11. The van der Waals surface area contributed by atoms with Crippen molar-refractivity contribution in [2.24, 2.45) is 0 Å². The molecular formula is C14H19BrN2O. The Hall–Kier alpha value is -1.29. The van der Waals surface area contributed by atoms with Crippen LogP contribution in [0.5, 0.6) is 0 Å². The smallest absolute Gasteiger partial charge is 0.321 e. The first-order valence-corrected chi connectivity index (χ1v) is 6.86. The van der Waals surface area contributed by atoms with Gasteiger partial charge in [-0.3, -0.25) is 0 Å². The molecule has 0 unspecified atom stereocenters. The number of carbonyl (C=O) groups excluding carboxylic acids is 1. The lowest BCUT2D eigenvalue weighted by Gasteiger charge is -2.15. The molecule has 0 saturated heterocycles. The summed E-state index contributed by atoms with van der Waals surface area (Å²) in [4.78, 5) is 13.3. The van der Waals surface area contributed by atoms with Crippen molar-refractivity contribution < 1.29 is 4.79 Å². The minimum Gasteiger partial charge on any atom is -0.328 e. The van der Waals surface area contributed by atoms with E-state index in [0.29, 0.717) is 0 Å². The van der Waals surface area contributed by atoms with Crippen LogP contribution in [-0.4, -0.2) is 24.5 Å². The monoisotopic (exact) mass is 310 g/mol. The Morgan fingerprint density at radius 3 is 2.67 bits per heavy atom. The van der Waals surface area contributed by atoms with Crippen LogP contribution in [0.4, 0.5) is 4.79 Å². The highest BCUT2D eigenvalue weighted by atomic mass is 79.9. The number of rotatable bonds is 5. The number of nitrogens with one attached hydrogen (secondary N) is 1. The van der Waals surface area contributed by atoms with Crippen LogP contribution in [0.1, 0.15) is 25.3 Å². The number of benzene rings is 1. The zero-order valence-corrected chi connectivity index (χ0v) is 12.4. The molecule has 1 N–H and O–H groups in total. The molecule has 0 aliphatic heterocycles. The number of halogens is 1. The molecule has 1 aromatic rings. The van der Waals surface area contributed by atoms with Crippen molar-refractivity contribution in [3.63, 3.8) is 0 Å². The lowest BCUT2D eigenvalue weighted by Crippen LogP contribution is -2.34. The largest absolute Gasteiger partial charge is 0.328 e. The van der Waals surface area contributed by atoms with Crippen LogP contribution >= 0.6 is 15.9 Å². The van der Waals surface area contributed by atoms with Gasteiger partial charge in [-0.2, -0.15) is 0 Å². The summed E-state index contributed by atoms with van der Waals surface area (Å²) in [5, 5.41) is 2.75. The van der Waals surface area contributed by atoms with E-state index < -0.39 is 0 Å². The molecule has 98 valence electrons. The second-order valence-corrected chi connectivity index (χ2v) is 5.03. The van der Waals surface area contributed by atoms with Gasteiger partial charge >= 0.3 is 6.03 Å². The first kappa shape index (κ1) is 14.8. The van der Waals surface area contributed by atoms with Gasteiger partial charge in [0.15, 0.2) is 0 Å². The first-order chi connectivity index (χ1) is 8.63. The van der Waals surface area contributed by atoms with Gasteiger partial charge in [0.05, 0.1) is 0 Å². The standard InChI is InChI=1S/C14H19BrN2O/c1-3-4-11-17(2)14(18)16-10-9-12-5-7-13(15)8-6-12/h5-10H,3-4,11H2,1-2H3,(H,16,18)/b10-9+. The summed E-state index contributed by atoms with van der Waals surface area (Å²) in [6.07, 6.45) is 5.67. The van der Waals surface area contributed by atoms with E-state index in [2.05, 4.69) is 28.2 Å². The molecule has 0 aliphatic rings. The second kappa shape index (κ2) is 7.93. The fraction of sp³-hybridized carbons (Fsp3) is 0.357. The van der Waals surface area contributed by atoms with Crippen LogP contribution in [-0.2, 0) is 0 Å². The van der Waals surface area contributed by atoms with Crippen molar-refractivity contribution in [3.8, 4) is 0 Å². The maximum absolute atomic E-state index is 11.6. The van der Waals surface area contributed by atoms with Crippen molar-refractivity contribution >= 4 is 28.0 Å². The summed E-state index contributed by atoms with van der Waals surface area (Å²) in [6, 6.07) is 7.82. The first-order valence-electron chi connectivity index (χ1n) is 6.07. The van der Waals surface area contributed by atoms with Crippen molar-refractivity contribution in [1.82, 2.24) is 10.2 Å². The van der Waals surface area contributed by atoms with Gasteiger partial charge in [-0.25, -0.2) is 4.79 Å². The van der Waals surface area contributed by atoms with E-state index in [1.807, 2.05) is 30.3 Å². The Bertz CT molecular complexity index is 401. The van der Waals surface area contributed by atoms with E-state index in [9.17, 15) is 4.79 Å². The number of urea groups is 1. The molecule has 0 fully saturated rings. The lowest BCUT2D eigenvalue weighted by atomic mass is 10.2. The molecule has 1 aromatic carbocycles. The van der Waals surface area contributed by atoms with Crippen LogP contribution in [0, 0.1) is 0 Å². The van der Waals surface area contributed by atoms with E-state index in [1.165, 1.54) is 0 Å². The van der Waals surface area contributed by atoms with E-state index >= 15 is 0 Å². The van der Waals surface area contributed by atoms with Crippen molar-refractivity contribution in [3.05, 3.63) is 40.5 Å². The Balaban J connectivity index is 2.39. The third kappa shape index (κ3) is 5.36. The van der Waals surface area contributed by atoms with E-state index in [1.54, 1.807) is 18.1 Å². The Morgan fingerprint density at radius 1 is 1.39 bits per heavy atom. The molecule has 3 nitrogen and oxygen atoms in total. The predicted octanol–water partition coefficient (Wildman–Crippen LogP) is 3.86. The van der Waals surface area contributed by atoms with Gasteiger partial charge in [0.2, 0.25) is 0 Å². The molecule has 0 bridgehead atoms. The van der Waals surface area contributed by atoms with Crippen molar-refractivity contribution in [2.75, 3.05) is 13.6 Å². The highest BCUT2D eigenvalue weighted by molar-refractivity contribution is 9.10. The highest BCUT2D eigenvalue weighted by Gasteiger charge is 2.04. The number of unbranched alkanes of at least 4 members (excludes halogenated alkanes) is 1. The van der Waals surface area contributed by atoms with Gasteiger partial charge < -0.3 is 10.2 Å². The summed E-state index contributed by atoms with van der Waals surface area (Å²) in [7, 11) is 1.80. The molecule has 0 heterocycles. The maximum Gasteiger partial charge on any atom is 0.321 e. The molecule has 0 aromatic heterocycles. The Kier molecular flexibility index (Phi) is 6.50. The molecule has 0 spiro atoms. The summed E-state index contributed by atoms with van der Waals surface area (Å²) < 4.78 is 1.04. The van der Waals surface area contributed by atoms with Crippen LogP contribution in [0.15, 0.2) is 34.9 Å². The van der Waals surface area contributed by atoms with Gasteiger partial charge in [-0.15, -0.1) is 0 Å². The zero-order valence-electron chi connectivity index (χ0n) is 10.8. The van der Waals surface area contributed by atoms with Gasteiger partial charge in [0.25, 0.3) is 0 Å². The minimum absolute atomic E-state index is 0.0724. The summed E-state index contributed by atoms with van der Waals surface area (Å²) in [6.45, 7) is 2.90. The predicted molar refractivity (Wildman–Crippen MR) is 79.2 cm³/mol. The summed E-state index contributed by atoms with van der Waals surface area (Å²) in [5.74, 6) is 0. The van der Waals surface area contributed by atoms with Gasteiger partial charge in [-0.1, -0.05) is 41.4 Å². The molecule has 18 heavy (non-hydrogen) atoms. The molecule has 0 radical (unpaired) electrons. The normalized spacial score (nSPS) is 10.6. The maximum atomic E-state index is 11.6. The van der Waals surface area contributed by atoms with Gasteiger partial charge in [0, 0.05) is 24.3 Å². The highest BCUT2D eigenvalue weighted by Crippen LogP contribution is 2.11. The minimum atomic E-state index is -0.0724. The average molecular weight is 311 g/mol. The molecule has 0 atom stereocenters. The molecule has 2 amide bonds. The number of hydrogen-bond donors (Lipinski definition) is 1. The van der Waals surface area contributed by atoms with Crippen molar-refractivity contribution in [1.29, 1.82) is 0 Å². The van der Waals surface area contributed by atoms with Crippen LogP contribution in [0.3, 0.4) is 0 Å². The fourth-order valence-electron chi connectivity index (χ4n) is 1.39. The number of hydrogen-bond acceptors (Lipinski definition) is 1. The molecule has 4 heteroatoms. The van der Waals surface area contributed by atoms with Gasteiger partial charge in [-0.05, 0) is 30.2 Å². The third-order valence-corrected chi connectivity index (χ3v) is 3.08. The zero-order chi connectivity index (χ0) is 13.4. The van der Waals surface area contributed by atoms with Crippen LogP contribution < -0.4 is 5.32 Å². The number of nitrogens with zero attached hydrogens (tertiary/aromatic N) is 1. The fourth-order valence-corrected chi connectivity index (χ4v) is 1.65. The third-order valence-electron chi connectivity index (χ3n) is 2.55. The van der Waals surface area contributed by atoms with E-state index in [0.717, 1.165) is 29.4 Å². The Morgan fingerprint density at radius 2 is 2.06 bits per heavy atom. The number of amides is 2. The molecular weight excluding hydrogens is 292 g/mol. The van der Waals surface area contributed by atoms with E-state index in [-0.39, 0.29) is 6.03 Å². The molecule has 0 saturated carbocycles.